The van der Waals surface area contributed by atoms with Gasteiger partial charge in [0.2, 0.25) is 0 Å². The maximum atomic E-state index is 9.50. The number of aliphatic hydroxyl groups is 1. The second-order valence-corrected chi connectivity index (χ2v) is 6.46. The molecule has 0 unspecified atom stereocenters. The minimum atomic E-state index is 0.0324. The molecule has 0 bridgehead atoms. The van der Waals surface area contributed by atoms with E-state index in [1.54, 1.807) is 0 Å². The number of nitrogens with one attached hydrogen (secondary N) is 1. The van der Waals surface area contributed by atoms with Crippen molar-refractivity contribution in [1.29, 1.82) is 0 Å². The van der Waals surface area contributed by atoms with Gasteiger partial charge in [-0.05, 0) is 66.7 Å². The van der Waals surface area contributed by atoms with Crippen LogP contribution in [0.2, 0.25) is 0 Å². The van der Waals surface area contributed by atoms with Crippen molar-refractivity contribution in [3.63, 3.8) is 0 Å². The summed E-state index contributed by atoms with van der Waals surface area (Å²) >= 11 is 0. The Morgan fingerprint density at radius 3 is 2.84 bits per heavy atom. The highest BCUT2D eigenvalue weighted by molar-refractivity contribution is 5.99. The van der Waals surface area contributed by atoms with E-state index in [1.807, 2.05) is 42.7 Å². The summed E-state index contributed by atoms with van der Waals surface area (Å²) in [5, 5.41) is 15.1. The van der Waals surface area contributed by atoms with Crippen LogP contribution >= 0.6 is 0 Å². The molecule has 1 aliphatic heterocycles. The van der Waals surface area contributed by atoms with Gasteiger partial charge in [0.05, 0.1) is 6.61 Å². The number of pyridine rings is 1. The van der Waals surface area contributed by atoms with E-state index in [4.69, 9.17) is 4.74 Å². The van der Waals surface area contributed by atoms with E-state index in [9.17, 15) is 5.11 Å². The minimum absolute atomic E-state index is 0.0324. The average Bonchev–Trinajstić information content (AvgIpc) is 2.68. The molecule has 25 heavy (non-hydrogen) atoms. The topological polar surface area (TPSA) is 54.4 Å². The van der Waals surface area contributed by atoms with Crippen LogP contribution in [0.15, 0.2) is 54.9 Å². The first-order valence-electron chi connectivity index (χ1n) is 8.79. The Kier molecular flexibility index (Phi) is 4.63. The number of benzene rings is 2. The summed E-state index contributed by atoms with van der Waals surface area (Å²) in [6, 6.07) is 14.2. The molecule has 1 fully saturated rings. The van der Waals surface area contributed by atoms with Gasteiger partial charge in [0.25, 0.3) is 0 Å². The van der Waals surface area contributed by atoms with E-state index in [1.165, 1.54) is 0 Å². The highest BCUT2D eigenvalue weighted by atomic mass is 16.5. The van der Waals surface area contributed by atoms with E-state index < -0.39 is 0 Å². The Morgan fingerprint density at radius 2 is 2.00 bits per heavy atom. The van der Waals surface area contributed by atoms with E-state index in [0.29, 0.717) is 0 Å². The molecule has 2 N–H and O–H groups in total. The molecule has 4 nitrogen and oxygen atoms in total. The van der Waals surface area contributed by atoms with Gasteiger partial charge in [0.1, 0.15) is 11.9 Å². The molecular formula is C21H22N2O2. The molecule has 1 aromatic heterocycles. The molecular weight excluding hydrogens is 312 g/mol. The SMILES string of the molecule is OCc1cccc(-c2c(OC3CCNCC3)ccc3cnccc23)c1. The number of nitrogens with zero attached hydrogens (tertiary/aromatic N) is 1. The molecule has 0 spiro atoms. The molecule has 2 heterocycles. The van der Waals surface area contributed by atoms with Gasteiger partial charge in [-0.25, -0.2) is 0 Å². The molecule has 1 saturated heterocycles. The second-order valence-electron chi connectivity index (χ2n) is 6.46. The van der Waals surface area contributed by atoms with Gasteiger partial charge in [-0.2, -0.15) is 0 Å². The predicted molar refractivity (Wildman–Crippen MR) is 99.6 cm³/mol. The molecule has 0 aliphatic carbocycles. The van der Waals surface area contributed by atoms with Crippen molar-refractivity contribution in [3.8, 4) is 16.9 Å². The third-order valence-corrected chi connectivity index (χ3v) is 4.76. The number of piperidine rings is 1. The monoisotopic (exact) mass is 334 g/mol. The first-order valence-corrected chi connectivity index (χ1v) is 8.79. The summed E-state index contributed by atoms with van der Waals surface area (Å²) in [4.78, 5) is 4.24. The minimum Gasteiger partial charge on any atom is -0.490 e. The van der Waals surface area contributed by atoms with Crippen LogP contribution in [0.3, 0.4) is 0 Å². The Labute approximate surface area is 147 Å². The first-order chi connectivity index (χ1) is 12.3. The van der Waals surface area contributed by atoms with E-state index in [0.717, 1.165) is 59.1 Å². The number of aliphatic hydroxyl groups excluding tert-OH is 1. The highest BCUT2D eigenvalue weighted by Crippen LogP contribution is 2.38. The Balaban J connectivity index is 1.84. The van der Waals surface area contributed by atoms with Crippen molar-refractivity contribution in [2.75, 3.05) is 13.1 Å². The maximum absolute atomic E-state index is 9.50. The smallest absolute Gasteiger partial charge is 0.128 e. The second kappa shape index (κ2) is 7.21. The summed E-state index contributed by atoms with van der Waals surface area (Å²) < 4.78 is 6.40. The van der Waals surface area contributed by atoms with Gasteiger partial charge in [-0.15, -0.1) is 0 Å². The number of hydrogen-bond acceptors (Lipinski definition) is 4. The lowest BCUT2D eigenvalue weighted by atomic mass is 9.96. The Bertz CT molecular complexity index is 873. The molecule has 1 aliphatic rings. The lowest BCUT2D eigenvalue weighted by molar-refractivity contribution is 0.163. The van der Waals surface area contributed by atoms with Crippen LogP contribution in [0.25, 0.3) is 21.9 Å². The van der Waals surface area contributed by atoms with Crippen molar-refractivity contribution in [3.05, 3.63) is 60.4 Å². The van der Waals surface area contributed by atoms with Crippen molar-refractivity contribution in [2.24, 2.45) is 0 Å². The van der Waals surface area contributed by atoms with Gasteiger partial charge >= 0.3 is 0 Å². The number of aromatic nitrogens is 1. The van der Waals surface area contributed by atoms with Crippen LogP contribution < -0.4 is 10.1 Å². The quantitative estimate of drug-likeness (QED) is 0.766. The lowest BCUT2D eigenvalue weighted by Crippen LogP contribution is -2.34. The van der Waals surface area contributed by atoms with Crippen molar-refractivity contribution < 1.29 is 9.84 Å². The fourth-order valence-corrected chi connectivity index (χ4v) is 3.46. The molecule has 2 aromatic carbocycles. The molecule has 4 heteroatoms. The fraction of sp³-hybridized carbons (Fsp3) is 0.286. The summed E-state index contributed by atoms with van der Waals surface area (Å²) in [7, 11) is 0. The molecule has 4 rings (SSSR count). The third kappa shape index (κ3) is 3.36. The van der Waals surface area contributed by atoms with Crippen LogP contribution in [-0.4, -0.2) is 29.3 Å². The number of hydrogen-bond donors (Lipinski definition) is 2. The fourth-order valence-electron chi connectivity index (χ4n) is 3.46. The zero-order chi connectivity index (χ0) is 17.1. The zero-order valence-electron chi connectivity index (χ0n) is 14.1. The Morgan fingerprint density at radius 1 is 1.12 bits per heavy atom. The van der Waals surface area contributed by atoms with Crippen molar-refractivity contribution in [1.82, 2.24) is 10.3 Å². The predicted octanol–water partition coefficient (Wildman–Crippen LogP) is 3.52. The van der Waals surface area contributed by atoms with Gasteiger partial charge in [-0.3, -0.25) is 4.98 Å². The standard InChI is InChI=1S/C21H22N2O2/c24-14-15-2-1-3-16(12-15)21-19-8-11-23-13-17(19)4-5-20(21)25-18-6-9-22-10-7-18/h1-5,8,11-13,18,22,24H,6-7,9-10,14H2. The lowest BCUT2D eigenvalue weighted by Gasteiger charge is -2.25. The molecule has 0 atom stereocenters. The molecule has 0 amide bonds. The van der Waals surface area contributed by atoms with Gasteiger partial charge in [-0.1, -0.05) is 18.2 Å². The van der Waals surface area contributed by atoms with E-state index in [2.05, 4.69) is 22.4 Å². The summed E-state index contributed by atoms with van der Waals surface area (Å²) in [6.07, 6.45) is 5.97. The largest absolute Gasteiger partial charge is 0.490 e. The summed E-state index contributed by atoms with van der Waals surface area (Å²) in [5.41, 5.74) is 3.04. The summed E-state index contributed by atoms with van der Waals surface area (Å²) in [5.74, 6) is 0.903. The van der Waals surface area contributed by atoms with Crippen LogP contribution in [-0.2, 0) is 6.61 Å². The van der Waals surface area contributed by atoms with E-state index >= 15 is 0 Å². The molecule has 0 radical (unpaired) electrons. The average molecular weight is 334 g/mol. The number of fused-ring (bicyclic) bond motifs is 1. The van der Waals surface area contributed by atoms with Crippen molar-refractivity contribution in [2.45, 2.75) is 25.6 Å². The van der Waals surface area contributed by atoms with Crippen LogP contribution in [0.5, 0.6) is 5.75 Å². The van der Waals surface area contributed by atoms with Gasteiger partial charge in [0.15, 0.2) is 0 Å². The van der Waals surface area contributed by atoms with E-state index in [-0.39, 0.29) is 12.7 Å². The molecule has 0 saturated carbocycles. The van der Waals surface area contributed by atoms with Crippen LogP contribution in [0, 0.1) is 0 Å². The van der Waals surface area contributed by atoms with Crippen LogP contribution in [0.1, 0.15) is 18.4 Å². The summed E-state index contributed by atoms with van der Waals surface area (Å²) in [6.45, 7) is 2.03. The first kappa shape index (κ1) is 16.1. The van der Waals surface area contributed by atoms with Crippen LogP contribution in [0.4, 0.5) is 0 Å². The Hall–Kier alpha value is -2.43. The number of rotatable bonds is 4. The number of ether oxygens (including phenoxy) is 1. The van der Waals surface area contributed by atoms with Crippen molar-refractivity contribution >= 4 is 10.8 Å². The third-order valence-electron chi connectivity index (χ3n) is 4.76. The normalized spacial score (nSPS) is 15.4. The highest BCUT2D eigenvalue weighted by Gasteiger charge is 2.18. The van der Waals surface area contributed by atoms with Gasteiger partial charge in [0, 0.05) is 23.3 Å². The maximum Gasteiger partial charge on any atom is 0.128 e. The van der Waals surface area contributed by atoms with Gasteiger partial charge < -0.3 is 15.2 Å². The molecule has 3 aromatic rings. The molecule has 128 valence electrons. The zero-order valence-corrected chi connectivity index (χ0v) is 14.1.